The first kappa shape index (κ1) is 11.5. The summed E-state index contributed by atoms with van der Waals surface area (Å²) in [6, 6.07) is 0. The van der Waals surface area contributed by atoms with Crippen LogP contribution in [0.1, 0.15) is 18.7 Å². The minimum Gasteiger partial charge on any atom is -0.481 e. The Labute approximate surface area is 97.2 Å². The van der Waals surface area contributed by atoms with Crippen molar-refractivity contribution in [2.45, 2.75) is 19.4 Å². The van der Waals surface area contributed by atoms with Crippen LogP contribution in [0.15, 0.2) is 0 Å². The lowest BCUT2D eigenvalue weighted by molar-refractivity contribution is -0.147. The Hall–Kier alpha value is -1.99. The first-order valence-corrected chi connectivity index (χ1v) is 5.29. The standard InChI is InChI=1S/C9H13N5O3/c1-13-11-7(10-12-13)5-14-4-6(9(16)17)2-3-8(14)15/h6H,2-5H2,1H3,(H,16,17). The molecule has 0 aromatic carbocycles. The quantitative estimate of drug-likeness (QED) is 0.728. The molecule has 2 heterocycles. The number of rotatable bonds is 3. The van der Waals surface area contributed by atoms with Gasteiger partial charge in [-0.3, -0.25) is 9.59 Å². The number of piperidine rings is 1. The van der Waals surface area contributed by atoms with Gasteiger partial charge in [0.2, 0.25) is 5.91 Å². The van der Waals surface area contributed by atoms with Gasteiger partial charge in [0.1, 0.15) is 0 Å². The number of nitrogens with zero attached hydrogens (tertiary/aromatic N) is 5. The van der Waals surface area contributed by atoms with Crippen molar-refractivity contribution in [2.24, 2.45) is 13.0 Å². The average Bonchev–Trinajstić information content (AvgIpc) is 2.67. The van der Waals surface area contributed by atoms with Crippen LogP contribution in [0, 0.1) is 5.92 Å². The first-order chi connectivity index (χ1) is 8.06. The summed E-state index contributed by atoms with van der Waals surface area (Å²) >= 11 is 0. The van der Waals surface area contributed by atoms with Crippen LogP contribution in [0.4, 0.5) is 0 Å². The van der Waals surface area contributed by atoms with Crippen molar-refractivity contribution in [1.29, 1.82) is 0 Å². The van der Waals surface area contributed by atoms with Crippen molar-refractivity contribution >= 4 is 11.9 Å². The van der Waals surface area contributed by atoms with Gasteiger partial charge in [0.05, 0.1) is 19.5 Å². The number of carboxylic acid groups (broad SMARTS) is 1. The van der Waals surface area contributed by atoms with E-state index in [0.29, 0.717) is 12.2 Å². The molecule has 17 heavy (non-hydrogen) atoms. The van der Waals surface area contributed by atoms with Crippen LogP contribution in [0.25, 0.3) is 0 Å². The van der Waals surface area contributed by atoms with Gasteiger partial charge in [-0.2, -0.15) is 4.80 Å². The number of carbonyl (C=O) groups excluding carboxylic acids is 1. The molecule has 8 heteroatoms. The number of carbonyl (C=O) groups is 2. The summed E-state index contributed by atoms with van der Waals surface area (Å²) in [5, 5.41) is 20.3. The highest BCUT2D eigenvalue weighted by Gasteiger charge is 2.30. The van der Waals surface area contributed by atoms with E-state index in [0.717, 1.165) is 0 Å². The largest absolute Gasteiger partial charge is 0.481 e. The van der Waals surface area contributed by atoms with Crippen LogP contribution in [0.5, 0.6) is 0 Å². The van der Waals surface area contributed by atoms with Gasteiger partial charge in [0, 0.05) is 13.0 Å². The maximum absolute atomic E-state index is 11.6. The van der Waals surface area contributed by atoms with E-state index in [4.69, 9.17) is 5.11 Å². The Balaban J connectivity index is 2.03. The molecular weight excluding hydrogens is 226 g/mol. The van der Waals surface area contributed by atoms with Crippen LogP contribution in [-0.4, -0.2) is 48.6 Å². The molecule has 1 amide bonds. The molecule has 1 N–H and O–H groups in total. The fourth-order valence-corrected chi connectivity index (χ4v) is 1.83. The summed E-state index contributed by atoms with van der Waals surface area (Å²) in [6.45, 7) is 0.433. The molecule has 1 unspecified atom stereocenters. The van der Waals surface area contributed by atoms with E-state index in [9.17, 15) is 9.59 Å². The lowest BCUT2D eigenvalue weighted by Crippen LogP contribution is -2.42. The second-order valence-electron chi connectivity index (χ2n) is 4.04. The van der Waals surface area contributed by atoms with Gasteiger partial charge in [0.25, 0.3) is 0 Å². The van der Waals surface area contributed by atoms with Crippen molar-refractivity contribution in [1.82, 2.24) is 25.1 Å². The van der Waals surface area contributed by atoms with Crippen molar-refractivity contribution in [2.75, 3.05) is 6.54 Å². The Morgan fingerprint density at radius 2 is 2.35 bits per heavy atom. The van der Waals surface area contributed by atoms with Gasteiger partial charge in [0.15, 0.2) is 5.82 Å². The lowest BCUT2D eigenvalue weighted by atomic mass is 9.98. The summed E-state index contributed by atoms with van der Waals surface area (Å²) in [6.07, 6.45) is 0.662. The van der Waals surface area contributed by atoms with Gasteiger partial charge < -0.3 is 10.0 Å². The molecule has 1 aromatic rings. The van der Waals surface area contributed by atoms with E-state index >= 15 is 0 Å². The molecule has 0 aliphatic carbocycles. The number of tetrazole rings is 1. The number of hydrogen-bond acceptors (Lipinski definition) is 5. The molecule has 1 saturated heterocycles. The van der Waals surface area contributed by atoms with Gasteiger partial charge in [-0.25, -0.2) is 0 Å². The molecule has 0 bridgehead atoms. The summed E-state index contributed by atoms with van der Waals surface area (Å²) in [7, 11) is 1.63. The second kappa shape index (κ2) is 4.48. The zero-order valence-electron chi connectivity index (χ0n) is 9.41. The Morgan fingerprint density at radius 3 is 2.94 bits per heavy atom. The van der Waals surface area contributed by atoms with Crippen LogP contribution >= 0.6 is 0 Å². The Bertz CT molecular complexity index is 444. The second-order valence-corrected chi connectivity index (χ2v) is 4.04. The van der Waals surface area contributed by atoms with Gasteiger partial charge in [-0.05, 0) is 11.6 Å². The highest BCUT2D eigenvalue weighted by molar-refractivity contribution is 5.80. The molecule has 8 nitrogen and oxygen atoms in total. The summed E-state index contributed by atoms with van der Waals surface area (Å²) in [5.41, 5.74) is 0. The average molecular weight is 239 g/mol. The molecule has 1 fully saturated rings. The molecule has 92 valence electrons. The van der Waals surface area contributed by atoms with E-state index in [1.807, 2.05) is 0 Å². The maximum atomic E-state index is 11.6. The highest BCUT2D eigenvalue weighted by Crippen LogP contribution is 2.18. The fourth-order valence-electron chi connectivity index (χ4n) is 1.83. The maximum Gasteiger partial charge on any atom is 0.308 e. The molecule has 0 saturated carbocycles. The van der Waals surface area contributed by atoms with E-state index in [2.05, 4.69) is 15.4 Å². The summed E-state index contributed by atoms with van der Waals surface area (Å²) < 4.78 is 0. The molecule has 0 radical (unpaired) electrons. The number of amides is 1. The van der Waals surface area contributed by atoms with Gasteiger partial charge in [-0.1, -0.05) is 0 Å². The van der Waals surface area contributed by atoms with Crippen molar-refractivity contribution < 1.29 is 14.7 Å². The number of aryl methyl sites for hydroxylation is 1. The normalized spacial score (nSPS) is 20.6. The molecule has 0 spiro atoms. The summed E-state index contributed by atoms with van der Waals surface area (Å²) in [4.78, 5) is 25.3. The predicted molar refractivity (Wildman–Crippen MR) is 54.6 cm³/mol. The topological polar surface area (TPSA) is 101 Å². The number of hydrogen-bond donors (Lipinski definition) is 1. The van der Waals surface area contributed by atoms with Crippen LogP contribution < -0.4 is 0 Å². The van der Waals surface area contributed by atoms with Gasteiger partial charge >= 0.3 is 5.97 Å². The Kier molecular flexibility index (Phi) is 3.03. The first-order valence-electron chi connectivity index (χ1n) is 5.29. The number of aromatic nitrogens is 4. The molecule has 2 rings (SSSR count). The highest BCUT2D eigenvalue weighted by atomic mass is 16.4. The smallest absolute Gasteiger partial charge is 0.308 e. The molecule has 1 aromatic heterocycles. The molecule has 1 atom stereocenters. The van der Waals surface area contributed by atoms with Crippen LogP contribution in [0.2, 0.25) is 0 Å². The Morgan fingerprint density at radius 1 is 1.59 bits per heavy atom. The third-order valence-electron chi connectivity index (χ3n) is 2.73. The third kappa shape index (κ3) is 2.58. The van der Waals surface area contributed by atoms with Gasteiger partial charge in [-0.15, -0.1) is 10.2 Å². The van der Waals surface area contributed by atoms with E-state index in [1.165, 1.54) is 9.70 Å². The number of likely N-dealkylation sites (tertiary alicyclic amines) is 1. The van der Waals surface area contributed by atoms with E-state index in [-0.39, 0.29) is 25.4 Å². The number of aliphatic carboxylic acids is 1. The van der Waals surface area contributed by atoms with E-state index in [1.54, 1.807) is 7.05 Å². The monoisotopic (exact) mass is 239 g/mol. The number of carboxylic acids is 1. The zero-order chi connectivity index (χ0) is 12.4. The lowest BCUT2D eigenvalue weighted by Gasteiger charge is -2.29. The summed E-state index contributed by atoms with van der Waals surface area (Å²) in [5.74, 6) is -0.999. The van der Waals surface area contributed by atoms with E-state index < -0.39 is 11.9 Å². The van der Waals surface area contributed by atoms with Crippen molar-refractivity contribution in [3.05, 3.63) is 5.82 Å². The predicted octanol–water partition coefficient (Wildman–Crippen LogP) is -0.967. The molecule has 1 aliphatic rings. The fraction of sp³-hybridized carbons (Fsp3) is 0.667. The van der Waals surface area contributed by atoms with Crippen molar-refractivity contribution in [3.63, 3.8) is 0 Å². The molecular formula is C9H13N5O3. The molecule has 1 aliphatic heterocycles. The van der Waals surface area contributed by atoms with Crippen molar-refractivity contribution in [3.8, 4) is 0 Å². The van der Waals surface area contributed by atoms with Crippen LogP contribution in [0.3, 0.4) is 0 Å². The third-order valence-corrected chi connectivity index (χ3v) is 2.73. The minimum atomic E-state index is -0.866. The van der Waals surface area contributed by atoms with Crippen LogP contribution in [-0.2, 0) is 23.2 Å². The SMILES string of the molecule is Cn1nnc(CN2CC(C(=O)O)CCC2=O)n1. The minimum absolute atomic E-state index is 0.0602. The zero-order valence-corrected chi connectivity index (χ0v) is 9.41.